The van der Waals surface area contributed by atoms with Gasteiger partial charge < -0.3 is 36.0 Å². The van der Waals surface area contributed by atoms with Crippen molar-refractivity contribution in [1.82, 2.24) is 0 Å². The minimum atomic E-state index is -2.53. The molecule has 0 heterocycles. The molecule has 1 aliphatic rings. The van der Waals surface area contributed by atoms with Crippen molar-refractivity contribution in [1.29, 1.82) is 0 Å². The Morgan fingerprint density at radius 1 is 0.483 bits per heavy atom. The lowest BCUT2D eigenvalue weighted by Gasteiger charge is -2.36. The summed E-state index contributed by atoms with van der Waals surface area (Å²) in [4.78, 5) is 0. The Balaban J connectivity index is 2.47. The van der Waals surface area contributed by atoms with E-state index in [1.807, 2.05) is 102 Å². The number of hydrogen-bond donors (Lipinski definition) is 0. The summed E-state index contributed by atoms with van der Waals surface area (Å²) in [5, 5.41) is 0. The van der Waals surface area contributed by atoms with Crippen LogP contribution < -0.4 is 0 Å². The highest BCUT2D eigenvalue weighted by atomic mass is 33.7. The summed E-state index contributed by atoms with van der Waals surface area (Å²) >= 11 is 2.17. The van der Waals surface area contributed by atoms with Crippen molar-refractivity contribution in [3.05, 3.63) is 0 Å². The van der Waals surface area contributed by atoms with Crippen LogP contribution in [0, 0.1) is 17.8 Å². The van der Waals surface area contributed by atoms with Crippen molar-refractivity contribution in [2.45, 2.75) is 137 Å². The molecule has 0 N–H and O–H groups in total. The van der Waals surface area contributed by atoms with Crippen LogP contribution in [0.3, 0.4) is 0 Å². The van der Waals surface area contributed by atoms with Gasteiger partial charge >= 0.3 is 17.6 Å². The largest absolute Gasteiger partial charge is 0.500 e. The number of hydrogen-bond acceptors (Lipinski definition) is 17. The van der Waals surface area contributed by atoms with Gasteiger partial charge in [0.05, 0.1) is 0 Å². The molecule has 1 saturated carbocycles. The number of thioether (sulfide) groups is 1. The predicted molar refractivity (Wildman–Crippen MR) is 278 cm³/mol. The fraction of sp³-hybridized carbons (Fsp3) is 1.00. The average Bonchev–Trinajstić information content (AvgIpc) is 3.20. The Morgan fingerprint density at radius 2 is 0.931 bits per heavy atom. The Morgan fingerprint density at radius 3 is 1.38 bits per heavy atom. The van der Waals surface area contributed by atoms with E-state index in [0.717, 1.165) is 76.9 Å². The summed E-state index contributed by atoms with van der Waals surface area (Å²) in [5.41, 5.74) is 0. The van der Waals surface area contributed by atoms with Gasteiger partial charge in [0.25, 0.3) is 0 Å². The van der Waals surface area contributed by atoms with Crippen LogP contribution in [0.5, 0.6) is 0 Å². The zero-order valence-electron chi connectivity index (χ0n) is 37.1. The summed E-state index contributed by atoms with van der Waals surface area (Å²) < 4.78 is 47.7. The molecule has 3 unspecified atom stereocenters. The van der Waals surface area contributed by atoms with Crippen molar-refractivity contribution in [3.63, 3.8) is 0 Å². The third-order valence-corrected chi connectivity index (χ3v) is 31.2. The molecule has 0 saturated heterocycles. The van der Waals surface area contributed by atoms with Gasteiger partial charge in [0.15, 0.2) is 0 Å². The van der Waals surface area contributed by atoms with Gasteiger partial charge in [-0.1, -0.05) is 55.6 Å². The zero-order valence-corrected chi connectivity index (χ0v) is 47.5. The van der Waals surface area contributed by atoms with Gasteiger partial charge in [-0.2, -0.15) is 11.8 Å². The molecule has 8 nitrogen and oxygen atoms in total. The van der Waals surface area contributed by atoms with Gasteiger partial charge in [0, 0.05) is 88.0 Å². The first-order valence-electron chi connectivity index (χ1n) is 21.9. The van der Waals surface area contributed by atoms with Crippen LogP contribution in [0.25, 0.3) is 0 Å². The van der Waals surface area contributed by atoms with Crippen LogP contribution in [0.4, 0.5) is 0 Å². The molecule has 1 fully saturated rings. The second kappa shape index (κ2) is 41.9. The van der Waals surface area contributed by atoms with Crippen molar-refractivity contribution in [3.8, 4) is 0 Å². The maximum Gasteiger partial charge on any atom is 0.500 e. The molecule has 58 heavy (non-hydrogen) atoms. The van der Waals surface area contributed by atoms with Crippen LogP contribution in [0.2, 0.25) is 18.1 Å². The smallest absolute Gasteiger partial charge is 0.374 e. The maximum atomic E-state index is 6.04. The second-order valence-corrected chi connectivity index (χ2v) is 34.0. The molecule has 0 aliphatic heterocycles. The highest BCUT2D eigenvalue weighted by Gasteiger charge is 2.40. The van der Waals surface area contributed by atoms with Gasteiger partial charge in [0.2, 0.25) is 0 Å². The van der Waals surface area contributed by atoms with Crippen molar-refractivity contribution >= 4 is 121 Å². The second-order valence-electron chi connectivity index (χ2n) is 13.5. The molecule has 1 aliphatic carbocycles. The molecule has 346 valence electrons. The van der Waals surface area contributed by atoms with Gasteiger partial charge in [0.1, 0.15) is 15.4 Å². The molecule has 3 atom stereocenters. The van der Waals surface area contributed by atoms with E-state index in [1.54, 1.807) is 0 Å². The molecule has 0 spiro atoms. The molecule has 0 amide bonds. The first kappa shape index (κ1) is 59.5. The summed E-state index contributed by atoms with van der Waals surface area (Å²) in [6, 6.07) is 3.01. The molecule has 0 aromatic carbocycles. The van der Waals surface area contributed by atoms with E-state index in [9.17, 15) is 0 Å². The maximum absolute atomic E-state index is 6.04. The predicted octanol–water partition coefficient (Wildman–Crippen LogP) is 14.0. The van der Waals surface area contributed by atoms with Crippen LogP contribution in [-0.2, 0) is 36.0 Å². The van der Waals surface area contributed by atoms with Gasteiger partial charge in [-0.15, -0.1) is 0 Å². The Labute approximate surface area is 396 Å². The molecule has 0 aromatic heterocycles. The van der Waals surface area contributed by atoms with E-state index < -0.39 is 17.6 Å². The monoisotopic (exact) mass is 1040 g/mol. The molecular formula is C38H80O8S9Si3. The van der Waals surface area contributed by atoms with E-state index in [4.69, 9.17) is 36.0 Å². The highest BCUT2D eigenvalue weighted by Crippen LogP contribution is 2.48. The standard InChI is InChI=1S/C38H80O8S9Si3/c1-9-39-38(40-10-2)56-31-17-25-47-28-22-35-20-21-36(23-29-50-54-52-48-26-18-32-57(41-11-3,42-12-4)43-13-5)37(34-35)24-30-51-55-53-49-27-19-33-58(44-14-6,45-15-7)46-16-8/h35-38H,9-34H2,1-8H3. The van der Waals surface area contributed by atoms with E-state index in [0.29, 0.717) is 39.6 Å². The summed E-state index contributed by atoms with van der Waals surface area (Å²) in [6.45, 7) is 21.6. The number of rotatable bonds is 44. The minimum absolute atomic E-state index is 0.00157. The quantitative estimate of drug-likeness (QED) is 0.0251. The Kier molecular flexibility index (Phi) is 43.0. The van der Waals surface area contributed by atoms with Crippen molar-refractivity contribution in [2.75, 3.05) is 87.4 Å². The summed E-state index contributed by atoms with van der Waals surface area (Å²) in [5.74, 6) is 9.87. The molecular weight excluding hydrogens is 957 g/mol. The van der Waals surface area contributed by atoms with Crippen molar-refractivity contribution in [2.24, 2.45) is 17.8 Å². The Bertz CT molecular complexity index is 867. The van der Waals surface area contributed by atoms with E-state index >= 15 is 0 Å². The average molecular weight is 1040 g/mol. The lowest BCUT2D eigenvalue weighted by molar-refractivity contribution is -0.0827. The SMILES string of the molecule is CCOC(OCC)[Si]CCCSCCC1CCC(CCSSSSCCC[Si](OCC)(OCC)OCC)C(CCSSSSCCC[Si](OCC)(OCC)OCC)C1. The number of ether oxygens (including phenoxy) is 2. The van der Waals surface area contributed by atoms with Crippen LogP contribution >= 0.6 is 94.2 Å². The fourth-order valence-corrected chi connectivity index (χ4v) is 27.6. The van der Waals surface area contributed by atoms with Gasteiger partial charge in [-0.25, -0.2) is 0 Å². The van der Waals surface area contributed by atoms with Gasteiger partial charge in [-0.3, -0.25) is 0 Å². The normalized spacial score (nSPS) is 17.8. The molecule has 20 heteroatoms. The minimum Gasteiger partial charge on any atom is -0.374 e. The third kappa shape index (κ3) is 29.9. The first-order chi connectivity index (χ1) is 28.4. The molecule has 1 rings (SSSR count). The van der Waals surface area contributed by atoms with Crippen LogP contribution in [0.1, 0.15) is 113 Å². The van der Waals surface area contributed by atoms with E-state index in [2.05, 4.69) is 47.2 Å². The molecule has 2 radical (unpaired) electrons. The third-order valence-electron chi connectivity index (χ3n) is 9.33. The first-order valence-corrected chi connectivity index (χ1v) is 38.5. The molecule has 0 aromatic rings. The lowest BCUT2D eigenvalue weighted by Crippen LogP contribution is -2.46. The van der Waals surface area contributed by atoms with E-state index in [1.165, 1.54) is 74.0 Å². The highest BCUT2D eigenvalue weighted by molar-refractivity contribution is 9.26. The Hall–Kier alpha value is 3.48. The summed E-state index contributed by atoms with van der Waals surface area (Å²) in [7, 11) is 11.5. The zero-order chi connectivity index (χ0) is 42.4. The topological polar surface area (TPSA) is 73.8 Å². The van der Waals surface area contributed by atoms with Crippen molar-refractivity contribution < 1.29 is 36.0 Å². The van der Waals surface area contributed by atoms with Gasteiger partial charge in [-0.05, 0) is 175 Å². The molecule has 0 bridgehead atoms. The summed E-state index contributed by atoms with van der Waals surface area (Å²) in [6.07, 6.45) is 11.7. The lowest BCUT2D eigenvalue weighted by atomic mass is 9.71. The van der Waals surface area contributed by atoms with Crippen LogP contribution in [-0.4, -0.2) is 120 Å². The van der Waals surface area contributed by atoms with Crippen LogP contribution in [0.15, 0.2) is 0 Å². The fourth-order valence-electron chi connectivity index (χ4n) is 6.95. The van der Waals surface area contributed by atoms with E-state index in [-0.39, 0.29) is 5.91 Å².